The first-order valence-electron chi connectivity index (χ1n) is 12.4. The number of aromatic carboxylic acids is 1. The Hall–Kier alpha value is -4.47. The van der Waals surface area contributed by atoms with Crippen molar-refractivity contribution in [3.63, 3.8) is 0 Å². The van der Waals surface area contributed by atoms with Crippen LogP contribution in [0.25, 0.3) is 10.9 Å². The number of H-pyrrole nitrogens is 2. The molecule has 2 aromatic heterocycles. The molecule has 1 fully saturated rings. The van der Waals surface area contributed by atoms with E-state index in [4.69, 9.17) is 0 Å². The van der Waals surface area contributed by atoms with Crippen molar-refractivity contribution in [3.8, 4) is 0 Å². The van der Waals surface area contributed by atoms with Crippen LogP contribution in [0.5, 0.6) is 0 Å². The molecule has 1 aliphatic carbocycles. The molecule has 2 amide bonds. The van der Waals surface area contributed by atoms with Crippen LogP contribution in [0.2, 0.25) is 0 Å². The summed E-state index contributed by atoms with van der Waals surface area (Å²) in [6, 6.07) is 11.2. The highest BCUT2D eigenvalue weighted by Gasteiger charge is 2.50. The molecule has 0 bridgehead atoms. The molecular formula is C28H26FN5O4. The normalized spacial score (nSPS) is 15.8. The first kappa shape index (κ1) is 23.9. The van der Waals surface area contributed by atoms with Crippen LogP contribution in [0, 0.1) is 12.7 Å². The van der Waals surface area contributed by atoms with Crippen molar-refractivity contribution < 1.29 is 23.9 Å². The maximum Gasteiger partial charge on any atom is 0.335 e. The minimum absolute atomic E-state index is 0.196. The number of carbonyl (C=O) groups is 3. The van der Waals surface area contributed by atoms with Crippen molar-refractivity contribution in [1.29, 1.82) is 0 Å². The van der Waals surface area contributed by atoms with Crippen LogP contribution < -0.4 is 0 Å². The van der Waals surface area contributed by atoms with Crippen molar-refractivity contribution in [2.75, 3.05) is 13.6 Å². The zero-order valence-electron chi connectivity index (χ0n) is 21.0. The van der Waals surface area contributed by atoms with E-state index < -0.39 is 11.5 Å². The van der Waals surface area contributed by atoms with Gasteiger partial charge in [-0.1, -0.05) is 12.1 Å². The zero-order valence-corrected chi connectivity index (χ0v) is 21.0. The summed E-state index contributed by atoms with van der Waals surface area (Å²) < 4.78 is 13.8. The minimum Gasteiger partial charge on any atom is -0.478 e. The van der Waals surface area contributed by atoms with Crippen LogP contribution in [-0.2, 0) is 18.5 Å². The van der Waals surface area contributed by atoms with Gasteiger partial charge >= 0.3 is 5.97 Å². The van der Waals surface area contributed by atoms with E-state index in [1.807, 2.05) is 0 Å². The fourth-order valence-electron chi connectivity index (χ4n) is 5.52. The molecule has 0 spiro atoms. The van der Waals surface area contributed by atoms with Gasteiger partial charge in [0.1, 0.15) is 17.2 Å². The minimum atomic E-state index is -0.997. The number of benzene rings is 2. The van der Waals surface area contributed by atoms with Crippen LogP contribution in [-0.4, -0.2) is 61.5 Å². The van der Waals surface area contributed by atoms with Crippen molar-refractivity contribution in [3.05, 3.63) is 87.6 Å². The number of hydrogen-bond acceptors (Lipinski definition) is 4. The molecule has 1 saturated carbocycles. The summed E-state index contributed by atoms with van der Waals surface area (Å²) in [7, 11) is 1.74. The molecule has 10 heteroatoms. The van der Waals surface area contributed by atoms with E-state index in [-0.39, 0.29) is 29.7 Å². The third-order valence-corrected chi connectivity index (χ3v) is 7.90. The molecule has 2 aromatic carbocycles. The molecule has 0 atom stereocenters. The van der Waals surface area contributed by atoms with Gasteiger partial charge < -0.3 is 19.9 Å². The lowest BCUT2D eigenvalue weighted by atomic mass is 10.00. The van der Waals surface area contributed by atoms with Crippen molar-refractivity contribution >= 4 is 28.7 Å². The number of rotatable bonds is 5. The Morgan fingerprint density at radius 1 is 1.13 bits per heavy atom. The van der Waals surface area contributed by atoms with Gasteiger partial charge in [-0.3, -0.25) is 14.7 Å². The molecule has 2 aliphatic rings. The Balaban J connectivity index is 1.24. The lowest BCUT2D eigenvalue weighted by molar-refractivity contribution is 0.0678. The average Bonchev–Trinajstić information content (AvgIpc) is 3.42. The Morgan fingerprint density at radius 3 is 2.55 bits per heavy atom. The summed E-state index contributed by atoms with van der Waals surface area (Å²) in [6.07, 6.45) is 2.04. The van der Waals surface area contributed by atoms with Crippen molar-refractivity contribution in [2.45, 2.75) is 38.3 Å². The van der Waals surface area contributed by atoms with E-state index in [0.717, 1.165) is 35.0 Å². The largest absolute Gasteiger partial charge is 0.478 e. The van der Waals surface area contributed by atoms with Gasteiger partial charge in [0.05, 0.1) is 23.3 Å². The molecule has 0 unspecified atom stereocenters. The number of fused-ring (bicyclic) bond motifs is 2. The highest BCUT2D eigenvalue weighted by molar-refractivity contribution is 5.99. The summed E-state index contributed by atoms with van der Waals surface area (Å²) in [5.74, 6) is -1.82. The van der Waals surface area contributed by atoms with Gasteiger partial charge in [-0.05, 0) is 61.2 Å². The topological polar surface area (TPSA) is 122 Å². The summed E-state index contributed by atoms with van der Waals surface area (Å²) in [5.41, 5.74) is 4.05. The standard InChI is InChI=1S/C28H26FN5O4/c1-15-11-18(29)12-22-19(15)13-23(30-22)25(35)34-10-7-21-20(14-34)24(32-31-21)26(36)33(2)28(8-9-28)17-5-3-16(4-6-17)27(37)38/h3-6,11-13,30H,7-10,14H2,1-2H3,(H,31,32)(H,37,38). The number of aryl methyl sites for hydroxylation is 1. The van der Waals surface area contributed by atoms with Crippen LogP contribution in [0.1, 0.15) is 66.6 Å². The monoisotopic (exact) mass is 515 g/mol. The number of amides is 2. The van der Waals surface area contributed by atoms with E-state index in [1.165, 1.54) is 12.1 Å². The van der Waals surface area contributed by atoms with Gasteiger partial charge in [0.25, 0.3) is 11.8 Å². The zero-order chi connectivity index (χ0) is 26.8. The number of carboxylic acid groups (broad SMARTS) is 1. The third kappa shape index (κ3) is 3.75. The van der Waals surface area contributed by atoms with Crippen LogP contribution in [0.15, 0.2) is 42.5 Å². The second kappa shape index (κ2) is 8.54. The smallest absolute Gasteiger partial charge is 0.335 e. The van der Waals surface area contributed by atoms with Crippen LogP contribution in [0.3, 0.4) is 0 Å². The maximum absolute atomic E-state index is 13.8. The van der Waals surface area contributed by atoms with Gasteiger partial charge in [0.2, 0.25) is 0 Å². The Bertz CT molecular complexity index is 1620. The molecule has 38 heavy (non-hydrogen) atoms. The van der Waals surface area contributed by atoms with E-state index in [0.29, 0.717) is 35.4 Å². The Morgan fingerprint density at radius 2 is 1.87 bits per heavy atom. The first-order valence-corrected chi connectivity index (χ1v) is 12.4. The quantitative estimate of drug-likeness (QED) is 0.371. The molecule has 3 heterocycles. The second-order valence-electron chi connectivity index (χ2n) is 10.1. The van der Waals surface area contributed by atoms with Gasteiger partial charge in [-0.2, -0.15) is 5.10 Å². The molecule has 6 rings (SSSR count). The summed E-state index contributed by atoms with van der Waals surface area (Å²) in [5, 5.41) is 17.3. The number of aromatic amines is 2. The summed E-state index contributed by atoms with van der Waals surface area (Å²) in [4.78, 5) is 44.7. The average molecular weight is 516 g/mol. The van der Waals surface area contributed by atoms with Gasteiger partial charge in [0, 0.05) is 36.5 Å². The molecule has 4 aromatic rings. The summed E-state index contributed by atoms with van der Waals surface area (Å²) in [6.45, 7) is 2.47. The predicted octanol–water partition coefficient (Wildman–Crippen LogP) is 4.00. The highest BCUT2D eigenvalue weighted by atomic mass is 19.1. The van der Waals surface area contributed by atoms with Crippen molar-refractivity contribution in [1.82, 2.24) is 25.0 Å². The van der Waals surface area contributed by atoms with E-state index in [9.17, 15) is 23.9 Å². The molecule has 9 nitrogen and oxygen atoms in total. The molecule has 194 valence electrons. The number of nitrogens with one attached hydrogen (secondary N) is 2. The first-order chi connectivity index (χ1) is 18.2. The van der Waals surface area contributed by atoms with Crippen LogP contribution in [0.4, 0.5) is 4.39 Å². The number of hydrogen-bond donors (Lipinski definition) is 3. The van der Waals surface area contributed by atoms with Gasteiger partial charge in [0.15, 0.2) is 0 Å². The fraction of sp³-hybridized carbons (Fsp3) is 0.286. The Kier molecular flexibility index (Phi) is 5.37. The Labute approximate surface area is 217 Å². The summed E-state index contributed by atoms with van der Waals surface area (Å²) >= 11 is 0. The number of halogens is 1. The number of carboxylic acids is 1. The molecule has 1 aliphatic heterocycles. The lowest BCUT2D eigenvalue weighted by Gasteiger charge is -2.30. The van der Waals surface area contributed by atoms with Gasteiger partial charge in [-0.15, -0.1) is 0 Å². The number of aromatic nitrogens is 3. The number of nitrogens with zero attached hydrogens (tertiary/aromatic N) is 3. The molecule has 0 saturated heterocycles. The second-order valence-corrected chi connectivity index (χ2v) is 10.1. The third-order valence-electron chi connectivity index (χ3n) is 7.90. The molecule has 0 radical (unpaired) electrons. The molecular weight excluding hydrogens is 489 g/mol. The van der Waals surface area contributed by atoms with E-state index in [1.54, 1.807) is 54.1 Å². The van der Waals surface area contributed by atoms with Crippen molar-refractivity contribution in [2.24, 2.45) is 0 Å². The van der Waals surface area contributed by atoms with Crippen LogP contribution >= 0.6 is 0 Å². The lowest BCUT2D eigenvalue weighted by Crippen LogP contribution is -2.39. The van der Waals surface area contributed by atoms with E-state index >= 15 is 0 Å². The maximum atomic E-state index is 13.8. The predicted molar refractivity (Wildman–Crippen MR) is 136 cm³/mol. The fourth-order valence-corrected chi connectivity index (χ4v) is 5.52. The highest BCUT2D eigenvalue weighted by Crippen LogP contribution is 2.51. The SMILES string of the molecule is Cc1cc(F)cc2[nH]c(C(=O)N3CCc4n[nH]c(C(=O)N(C)C5(c6ccc(C(=O)O)cc6)CC5)c4C3)cc12. The van der Waals surface area contributed by atoms with E-state index in [2.05, 4.69) is 15.2 Å². The molecule has 3 N–H and O–H groups in total. The number of carbonyl (C=O) groups excluding carboxylic acids is 2. The van der Waals surface area contributed by atoms with Gasteiger partial charge in [-0.25, -0.2) is 9.18 Å².